The molecule has 4 atom stereocenters. The van der Waals surface area contributed by atoms with Gasteiger partial charge in [0.25, 0.3) is 0 Å². The van der Waals surface area contributed by atoms with Gasteiger partial charge in [-0.25, -0.2) is 24.1 Å². The molecule has 0 spiro atoms. The maximum Gasteiger partial charge on any atom is 0.407 e. The average Bonchev–Trinajstić information content (AvgIpc) is 3.05. The standard InChI is InChI=1S/C20H22BrClFN5O2S/c1-4-9(3)15-11-7-6-10(28(11)20(29)30)8-27(15)18-12-14(24-19(26-18)31-5-2)13(23)17(22)25-16(12)21/h4,9-11,15H,1,5-8H2,2-3H3,(H,29,30)/t9-,10+,11-,15-/m0/s1. The van der Waals surface area contributed by atoms with E-state index < -0.39 is 11.9 Å². The van der Waals surface area contributed by atoms with Crippen LogP contribution < -0.4 is 4.90 Å². The molecule has 0 radical (unpaired) electrons. The largest absolute Gasteiger partial charge is 0.465 e. The monoisotopic (exact) mass is 529 g/mol. The molecule has 4 rings (SSSR count). The number of hydrogen-bond donors (Lipinski definition) is 1. The van der Waals surface area contributed by atoms with Crippen LogP contribution in [-0.2, 0) is 0 Å². The molecule has 0 unspecified atom stereocenters. The zero-order valence-corrected chi connectivity index (χ0v) is 20.2. The minimum Gasteiger partial charge on any atom is -0.465 e. The minimum atomic E-state index is -0.913. The average molecular weight is 531 g/mol. The van der Waals surface area contributed by atoms with E-state index in [9.17, 15) is 14.3 Å². The van der Waals surface area contributed by atoms with Gasteiger partial charge >= 0.3 is 6.09 Å². The van der Waals surface area contributed by atoms with Crippen molar-refractivity contribution in [2.24, 2.45) is 5.92 Å². The summed E-state index contributed by atoms with van der Waals surface area (Å²) in [5.41, 5.74) is 0.103. The predicted molar refractivity (Wildman–Crippen MR) is 124 cm³/mol. The maximum atomic E-state index is 15.0. The van der Waals surface area contributed by atoms with E-state index in [1.165, 1.54) is 11.8 Å². The van der Waals surface area contributed by atoms with Crippen LogP contribution in [0.2, 0.25) is 5.15 Å². The van der Waals surface area contributed by atoms with Crippen molar-refractivity contribution in [2.75, 3.05) is 17.2 Å². The number of aromatic nitrogens is 3. The Bertz CT molecular complexity index is 1060. The number of halogens is 3. The Kier molecular flexibility index (Phi) is 6.33. The normalized spacial score (nSPS) is 24.0. The summed E-state index contributed by atoms with van der Waals surface area (Å²) in [6, 6.07) is -0.567. The van der Waals surface area contributed by atoms with Crippen LogP contribution in [0.4, 0.5) is 15.0 Å². The molecule has 2 saturated heterocycles. The van der Waals surface area contributed by atoms with Gasteiger partial charge in [0.2, 0.25) is 0 Å². The van der Waals surface area contributed by atoms with Crippen molar-refractivity contribution in [1.29, 1.82) is 0 Å². The molecule has 2 fully saturated rings. The second kappa shape index (κ2) is 8.71. The van der Waals surface area contributed by atoms with E-state index in [2.05, 4.69) is 37.4 Å². The van der Waals surface area contributed by atoms with Gasteiger partial charge in [0, 0.05) is 6.54 Å². The molecule has 2 bridgehead atoms. The van der Waals surface area contributed by atoms with Crippen LogP contribution in [0.1, 0.15) is 26.7 Å². The van der Waals surface area contributed by atoms with Crippen molar-refractivity contribution >= 4 is 62.1 Å². The molecule has 2 aliphatic rings. The van der Waals surface area contributed by atoms with E-state index in [0.717, 1.165) is 18.6 Å². The third kappa shape index (κ3) is 3.76. The molecule has 11 heteroatoms. The second-order valence-electron chi connectivity index (χ2n) is 7.72. The van der Waals surface area contributed by atoms with Gasteiger partial charge in [0.1, 0.15) is 15.9 Å². The van der Waals surface area contributed by atoms with Crippen LogP contribution in [0.3, 0.4) is 0 Å². The Morgan fingerprint density at radius 2 is 2.19 bits per heavy atom. The van der Waals surface area contributed by atoms with Gasteiger partial charge in [-0.2, -0.15) is 0 Å². The van der Waals surface area contributed by atoms with Crippen molar-refractivity contribution in [3.8, 4) is 0 Å². The first-order valence-corrected chi connectivity index (χ1v) is 12.2. The van der Waals surface area contributed by atoms with E-state index in [0.29, 0.717) is 27.5 Å². The molecule has 0 aromatic carbocycles. The zero-order valence-electron chi connectivity index (χ0n) is 17.1. The molecule has 4 heterocycles. The fraction of sp³-hybridized carbons (Fsp3) is 0.500. The maximum absolute atomic E-state index is 15.0. The predicted octanol–water partition coefficient (Wildman–Crippen LogP) is 5.21. The molecule has 2 aromatic rings. The minimum absolute atomic E-state index is 0.0259. The lowest BCUT2D eigenvalue weighted by Gasteiger charge is -2.48. The van der Waals surface area contributed by atoms with Crippen LogP contribution >= 0.6 is 39.3 Å². The first-order chi connectivity index (χ1) is 14.8. The van der Waals surface area contributed by atoms with Gasteiger partial charge in [-0.05, 0) is 40.4 Å². The molecule has 166 valence electrons. The lowest BCUT2D eigenvalue weighted by atomic mass is 9.90. The molecule has 1 amide bonds. The second-order valence-corrected chi connectivity index (χ2v) is 10.1. The molecular formula is C20H22BrClFN5O2S. The number of fused-ring (bicyclic) bond motifs is 3. The highest BCUT2D eigenvalue weighted by atomic mass is 79.9. The Hall–Kier alpha value is -1.65. The number of carbonyl (C=O) groups is 1. The van der Waals surface area contributed by atoms with E-state index in [1.807, 2.05) is 19.9 Å². The Labute approximate surface area is 197 Å². The van der Waals surface area contributed by atoms with Crippen LogP contribution in [0.5, 0.6) is 0 Å². The third-order valence-electron chi connectivity index (χ3n) is 6.05. The number of pyridine rings is 1. The molecule has 0 aliphatic carbocycles. The Morgan fingerprint density at radius 3 is 2.84 bits per heavy atom. The highest BCUT2D eigenvalue weighted by molar-refractivity contribution is 9.10. The van der Waals surface area contributed by atoms with Crippen LogP contribution in [0, 0.1) is 11.7 Å². The summed E-state index contributed by atoms with van der Waals surface area (Å²) < 4.78 is 15.3. The summed E-state index contributed by atoms with van der Waals surface area (Å²) in [6.07, 6.45) is 2.44. The highest BCUT2D eigenvalue weighted by Crippen LogP contribution is 2.43. The summed E-state index contributed by atoms with van der Waals surface area (Å²) >= 11 is 10.8. The quantitative estimate of drug-likeness (QED) is 0.246. The lowest BCUT2D eigenvalue weighted by Crippen LogP contribution is -2.63. The van der Waals surface area contributed by atoms with E-state index in [1.54, 1.807) is 4.90 Å². The molecule has 1 N–H and O–H groups in total. The number of amides is 1. The van der Waals surface area contributed by atoms with Gasteiger partial charge < -0.3 is 10.0 Å². The van der Waals surface area contributed by atoms with Crippen LogP contribution in [-0.4, -0.2) is 61.5 Å². The molecule has 2 aliphatic heterocycles. The van der Waals surface area contributed by atoms with Crippen molar-refractivity contribution in [1.82, 2.24) is 19.9 Å². The van der Waals surface area contributed by atoms with Gasteiger partial charge in [-0.3, -0.25) is 4.90 Å². The van der Waals surface area contributed by atoms with Gasteiger partial charge in [0.15, 0.2) is 16.1 Å². The molecular weight excluding hydrogens is 509 g/mol. The number of carboxylic acid groups (broad SMARTS) is 1. The smallest absolute Gasteiger partial charge is 0.407 e. The van der Waals surface area contributed by atoms with E-state index in [-0.39, 0.29) is 34.7 Å². The fourth-order valence-electron chi connectivity index (χ4n) is 4.75. The molecule has 2 aromatic heterocycles. The first-order valence-electron chi connectivity index (χ1n) is 10.0. The number of piperazine rings is 1. The Balaban J connectivity index is 1.95. The van der Waals surface area contributed by atoms with Gasteiger partial charge in [-0.1, -0.05) is 43.3 Å². The van der Waals surface area contributed by atoms with E-state index >= 15 is 0 Å². The van der Waals surface area contributed by atoms with Gasteiger partial charge in [-0.15, -0.1) is 6.58 Å². The summed E-state index contributed by atoms with van der Waals surface area (Å²) in [5, 5.41) is 10.4. The van der Waals surface area contributed by atoms with Crippen molar-refractivity contribution in [2.45, 2.75) is 50.0 Å². The summed E-state index contributed by atoms with van der Waals surface area (Å²) in [5.74, 6) is 0.539. The highest BCUT2D eigenvalue weighted by Gasteiger charge is 2.50. The van der Waals surface area contributed by atoms with Gasteiger partial charge in [0.05, 0.1) is 23.5 Å². The Morgan fingerprint density at radius 1 is 1.45 bits per heavy atom. The zero-order chi connectivity index (χ0) is 22.4. The first kappa shape index (κ1) is 22.5. The number of thioether (sulfide) groups is 1. The number of hydrogen-bond acceptors (Lipinski definition) is 6. The van der Waals surface area contributed by atoms with Crippen LogP contribution in [0.25, 0.3) is 10.9 Å². The molecule has 31 heavy (non-hydrogen) atoms. The fourth-order valence-corrected chi connectivity index (χ4v) is 6.13. The van der Waals surface area contributed by atoms with Crippen molar-refractivity contribution < 1.29 is 14.3 Å². The topological polar surface area (TPSA) is 82.5 Å². The summed E-state index contributed by atoms with van der Waals surface area (Å²) in [6.45, 7) is 8.37. The molecule has 0 saturated carbocycles. The number of anilines is 1. The molecule has 7 nitrogen and oxygen atoms in total. The van der Waals surface area contributed by atoms with Crippen molar-refractivity contribution in [3.05, 3.63) is 28.2 Å². The summed E-state index contributed by atoms with van der Waals surface area (Å²) in [4.78, 5) is 28.9. The SMILES string of the molecule is C=C[C@H](C)[C@H]1[C@@H]2CC[C@H](CN1c1nc(SCC)nc3c(F)c(Cl)nc(Br)c13)N2C(=O)O. The summed E-state index contributed by atoms with van der Waals surface area (Å²) in [7, 11) is 0. The van der Waals surface area contributed by atoms with Crippen LogP contribution in [0.15, 0.2) is 22.4 Å². The van der Waals surface area contributed by atoms with Crippen molar-refractivity contribution in [3.63, 3.8) is 0 Å². The number of nitrogens with zero attached hydrogens (tertiary/aromatic N) is 5. The number of rotatable bonds is 5. The van der Waals surface area contributed by atoms with E-state index in [4.69, 9.17) is 16.6 Å². The lowest BCUT2D eigenvalue weighted by molar-refractivity contribution is 0.0952. The third-order valence-corrected chi connectivity index (χ3v) is 7.60.